The lowest BCUT2D eigenvalue weighted by Crippen LogP contribution is -2.46. The topological polar surface area (TPSA) is 89.5 Å². The largest absolute Gasteiger partial charge is 0.467 e. The molecule has 1 atom stereocenters. The summed E-state index contributed by atoms with van der Waals surface area (Å²) in [6, 6.07) is -1.14. The molecule has 7 heteroatoms. The van der Waals surface area contributed by atoms with Crippen LogP contribution in [0.25, 0.3) is 0 Å². The Morgan fingerprint density at radius 3 is 2.12 bits per heavy atom. The molecular formula is C9H17NO5S. The third-order valence-corrected chi connectivity index (χ3v) is 4.21. The monoisotopic (exact) mass is 251 g/mol. The predicted molar refractivity (Wildman–Crippen MR) is 58.5 cm³/mol. The van der Waals surface area contributed by atoms with Gasteiger partial charge in [-0.1, -0.05) is 0 Å². The van der Waals surface area contributed by atoms with E-state index in [1.807, 2.05) is 0 Å². The van der Waals surface area contributed by atoms with E-state index in [4.69, 9.17) is 0 Å². The molecular weight excluding hydrogens is 234 g/mol. The van der Waals surface area contributed by atoms with E-state index in [9.17, 15) is 18.0 Å². The minimum Gasteiger partial charge on any atom is -0.467 e. The van der Waals surface area contributed by atoms with E-state index < -0.39 is 38.8 Å². The van der Waals surface area contributed by atoms with E-state index in [1.54, 1.807) is 0 Å². The summed E-state index contributed by atoms with van der Waals surface area (Å²) in [5, 5.41) is 1.65. The fourth-order valence-corrected chi connectivity index (χ4v) is 2.05. The number of carbonyl (C=O) groups is 2. The van der Waals surface area contributed by atoms with Crippen LogP contribution >= 0.6 is 0 Å². The summed E-state index contributed by atoms with van der Waals surface area (Å²) in [4.78, 5) is 22.1. The molecule has 0 saturated carbocycles. The Kier molecular flexibility index (Phi) is 5.43. The molecule has 0 rings (SSSR count). The van der Waals surface area contributed by atoms with Crippen LogP contribution in [0.15, 0.2) is 0 Å². The predicted octanol–water partition coefficient (Wildman–Crippen LogP) is -0.513. The van der Waals surface area contributed by atoms with Gasteiger partial charge in [0.15, 0.2) is 9.84 Å². The number of rotatable bonds is 5. The Labute approximate surface area is 95.3 Å². The van der Waals surface area contributed by atoms with Crippen LogP contribution in [0.4, 0.5) is 0 Å². The van der Waals surface area contributed by atoms with Crippen molar-refractivity contribution in [2.24, 2.45) is 0 Å². The van der Waals surface area contributed by atoms with Gasteiger partial charge in [0.1, 0.15) is 6.04 Å². The molecule has 94 valence electrons. The zero-order valence-electron chi connectivity index (χ0n) is 9.81. The lowest BCUT2D eigenvalue weighted by atomic mass is 10.3. The van der Waals surface area contributed by atoms with Gasteiger partial charge in [-0.05, 0) is 13.8 Å². The number of nitrogens with one attached hydrogen (secondary N) is 1. The van der Waals surface area contributed by atoms with Gasteiger partial charge in [0.2, 0.25) is 5.91 Å². The highest BCUT2D eigenvalue weighted by Crippen LogP contribution is 2.04. The molecule has 1 N–H and O–H groups in total. The molecule has 0 aromatic rings. The summed E-state index contributed by atoms with van der Waals surface area (Å²) >= 11 is 0. The number of hydrogen-bond donors (Lipinski definition) is 1. The Morgan fingerprint density at radius 2 is 1.81 bits per heavy atom. The highest BCUT2D eigenvalue weighted by atomic mass is 32.2. The summed E-state index contributed by atoms with van der Waals surface area (Å²) in [5.41, 5.74) is 0. The van der Waals surface area contributed by atoms with Gasteiger partial charge in [0, 0.05) is 6.92 Å². The van der Waals surface area contributed by atoms with Crippen molar-refractivity contribution < 1.29 is 22.7 Å². The summed E-state index contributed by atoms with van der Waals surface area (Å²) < 4.78 is 27.6. The molecule has 1 unspecified atom stereocenters. The molecule has 0 bridgehead atoms. The number of methoxy groups -OCH3 is 1. The van der Waals surface area contributed by atoms with Crippen LogP contribution in [-0.2, 0) is 24.2 Å². The Hall–Kier alpha value is -1.11. The van der Waals surface area contributed by atoms with Crippen molar-refractivity contribution in [3.05, 3.63) is 0 Å². The number of amides is 1. The fraction of sp³-hybridized carbons (Fsp3) is 0.778. The van der Waals surface area contributed by atoms with Crippen molar-refractivity contribution in [2.45, 2.75) is 32.1 Å². The molecule has 0 saturated heterocycles. The lowest BCUT2D eigenvalue weighted by molar-refractivity contribution is -0.144. The van der Waals surface area contributed by atoms with Gasteiger partial charge in [-0.15, -0.1) is 0 Å². The first kappa shape index (κ1) is 14.9. The summed E-state index contributed by atoms with van der Waals surface area (Å²) in [5.74, 6) is -1.69. The highest BCUT2D eigenvalue weighted by molar-refractivity contribution is 7.92. The highest BCUT2D eigenvalue weighted by Gasteiger charge is 2.28. The molecule has 0 aliphatic heterocycles. The first-order chi connectivity index (χ1) is 7.20. The van der Waals surface area contributed by atoms with Crippen LogP contribution in [0.2, 0.25) is 0 Å². The van der Waals surface area contributed by atoms with E-state index >= 15 is 0 Å². The van der Waals surface area contributed by atoms with E-state index in [1.165, 1.54) is 20.8 Å². The molecule has 0 aliphatic carbocycles. The average Bonchev–Trinajstić information content (AvgIpc) is 2.14. The third-order valence-electron chi connectivity index (χ3n) is 1.98. The Balaban J connectivity index is 4.81. The van der Waals surface area contributed by atoms with Crippen molar-refractivity contribution in [1.29, 1.82) is 0 Å². The van der Waals surface area contributed by atoms with Crippen LogP contribution in [0.1, 0.15) is 20.8 Å². The van der Waals surface area contributed by atoms with Crippen LogP contribution in [0.3, 0.4) is 0 Å². The maximum absolute atomic E-state index is 11.6. The number of sulfone groups is 1. The fourth-order valence-electron chi connectivity index (χ4n) is 0.981. The van der Waals surface area contributed by atoms with E-state index in [2.05, 4.69) is 10.1 Å². The zero-order chi connectivity index (χ0) is 12.9. The van der Waals surface area contributed by atoms with Gasteiger partial charge in [-0.2, -0.15) is 0 Å². The molecule has 0 aromatic carbocycles. The SMILES string of the molecule is COC(=O)C(CS(=O)(=O)C(C)C)NC(C)=O. The smallest absolute Gasteiger partial charge is 0.329 e. The third kappa shape index (κ3) is 4.61. The maximum Gasteiger partial charge on any atom is 0.329 e. The van der Waals surface area contributed by atoms with Gasteiger partial charge in [0.05, 0.1) is 18.1 Å². The van der Waals surface area contributed by atoms with Crippen LogP contribution < -0.4 is 5.32 Å². The summed E-state index contributed by atoms with van der Waals surface area (Å²) in [6.07, 6.45) is 0. The molecule has 0 fully saturated rings. The van der Waals surface area contributed by atoms with Gasteiger partial charge in [-0.3, -0.25) is 4.79 Å². The maximum atomic E-state index is 11.6. The lowest BCUT2D eigenvalue weighted by Gasteiger charge is -2.16. The first-order valence-corrected chi connectivity index (χ1v) is 6.48. The molecule has 16 heavy (non-hydrogen) atoms. The Bertz CT molecular complexity index is 360. The molecule has 6 nitrogen and oxygen atoms in total. The van der Waals surface area contributed by atoms with Crippen molar-refractivity contribution in [2.75, 3.05) is 12.9 Å². The van der Waals surface area contributed by atoms with Gasteiger partial charge in [0.25, 0.3) is 0 Å². The summed E-state index contributed by atoms with van der Waals surface area (Å²) in [7, 11) is -2.28. The minimum absolute atomic E-state index is 0.448. The van der Waals surface area contributed by atoms with Gasteiger partial charge < -0.3 is 10.1 Å². The second kappa shape index (κ2) is 5.83. The van der Waals surface area contributed by atoms with Crippen LogP contribution in [0, 0.1) is 0 Å². The molecule has 1 amide bonds. The normalized spacial score (nSPS) is 13.3. The standard InChI is InChI=1S/C9H17NO5S/c1-6(2)16(13,14)5-8(9(12)15-4)10-7(3)11/h6,8H,5H2,1-4H3,(H,10,11). The minimum atomic E-state index is -3.41. The van der Waals surface area contributed by atoms with Crippen molar-refractivity contribution in [3.63, 3.8) is 0 Å². The first-order valence-electron chi connectivity index (χ1n) is 4.77. The van der Waals surface area contributed by atoms with E-state index in [0.717, 1.165) is 7.11 Å². The van der Waals surface area contributed by atoms with Crippen molar-refractivity contribution in [1.82, 2.24) is 5.32 Å². The zero-order valence-corrected chi connectivity index (χ0v) is 10.6. The van der Waals surface area contributed by atoms with Gasteiger partial charge in [-0.25, -0.2) is 13.2 Å². The second-order valence-electron chi connectivity index (χ2n) is 3.65. The Morgan fingerprint density at radius 1 is 1.31 bits per heavy atom. The number of ether oxygens (including phenoxy) is 1. The molecule has 0 aliphatic rings. The number of hydrogen-bond acceptors (Lipinski definition) is 5. The van der Waals surface area contributed by atoms with Crippen LogP contribution in [-0.4, -0.2) is 44.4 Å². The van der Waals surface area contributed by atoms with E-state index in [-0.39, 0.29) is 0 Å². The molecule has 0 spiro atoms. The van der Waals surface area contributed by atoms with E-state index in [0.29, 0.717) is 0 Å². The molecule has 0 heterocycles. The number of esters is 1. The second-order valence-corrected chi connectivity index (χ2v) is 6.26. The molecule has 0 aromatic heterocycles. The average molecular weight is 251 g/mol. The number of carbonyl (C=O) groups excluding carboxylic acids is 2. The van der Waals surface area contributed by atoms with Gasteiger partial charge >= 0.3 is 5.97 Å². The van der Waals surface area contributed by atoms with Crippen LogP contribution in [0.5, 0.6) is 0 Å². The summed E-state index contributed by atoms with van der Waals surface area (Å²) in [6.45, 7) is 4.23. The van der Waals surface area contributed by atoms with Crippen molar-refractivity contribution in [3.8, 4) is 0 Å². The van der Waals surface area contributed by atoms with Crippen molar-refractivity contribution >= 4 is 21.7 Å². The quantitative estimate of drug-likeness (QED) is 0.664. The molecule has 0 radical (unpaired) electrons.